The molecule has 0 amide bonds. The zero-order valence-corrected chi connectivity index (χ0v) is 10.8. The Morgan fingerprint density at radius 3 is 2.47 bits per heavy atom. The molecule has 0 aromatic carbocycles. The molecule has 0 saturated heterocycles. The van der Waals surface area contributed by atoms with E-state index in [2.05, 4.69) is 12.2 Å². The summed E-state index contributed by atoms with van der Waals surface area (Å²) in [4.78, 5) is 0. The molecule has 4 heteroatoms. The third-order valence-electron chi connectivity index (χ3n) is 3.01. The van der Waals surface area contributed by atoms with Crippen LogP contribution in [0.15, 0.2) is 0 Å². The fourth-order valence-electron chi connectivity index (χ4n) is 2.27. The maximum atomic E-state index is 11.0. The molecule has 1 fully saturated rings. The van der Waals surface area contributed by atoms with Gasteiger partial charge in [-0.3, -0.25) is 4.21 Å². The molecule has 0 aromatic heterocycles. The summed E-state index contributed by atoms with van der Waals surface area (Å²) < 4.78 is 16.4. The second kappa shape index (κ2) is 6.61. The Kier molecular flexibility index (Phi) is 5.79. The molecular weight excluding hydrogens is 210 g/mol. The van der Waals surface area contributed by atoms with Crippen LogP contribution in [0.1, 0.15) is 32.6 Å². The zero-order chi connectivity index (χ0) is 11.3. The van der Waals surface area contributed by atoms with E-state index in [1.807, 2.05) is 0 Å². The van der Waals surface area contributed by atoms with Crippen molar-refractivity contribution in [3.8, 4) is 0 Å². The number of nitrogens with one attached hydrogen (secondary N) is 1. The lowest BCUT2D eigenvalue weighted by Gasteiger charge is -2.30. The number of hydrogen-bond donors (Lipinski definition) is 1. The van der Waals surface area contributed by atoms with Crippen LogP contribution >= 0.6 is 0 Å². The molecule has 2 unspecified atom stereocenters. The molecule has 15 heavy (non-hydrogen) atoms. The third-order valence-corrected chi connectivity index (χ3v) is 3.98. The molecule has 0 aromatic rings. The largest absolute Gasteiger partial charge is 0.381 e. The predicted octanol–water partition coefficient (Wildman–Crippen LogP) is 1.30. The van der Waals surface area contributed by atoms with Crippen LogP contribution in [0.4, 0.5) is 0 Å². The molecule has 0 spiro atoms. The van der Waals surface area contributed by atoms with Gasteiger partial charge >= 0.3 is 0 Å². The van der Waals surface area contributed by atoms with Crippen LogP contribution in [0, 0.1) is 0 Å². The molecule has 0 heterocycles. The standard InChI is InChI=1S/C11H23NO2S/c1-9(8-15(3)13)12-10-4-6-11(14-2)7-5-10/h9-12H,4-8H2,1-3H3. The summed E-state index contributed by atoms with van der Waals surface area (Å²) in [6.45, 7) is 2.11. The molecule has 0 radical (unpaired) electrons. The van der Waals surface area contributed by atoms with E-state index in [-0.39, 0.29) is 0 Å². The molecule has 0 aliphatic heterocycles. The van der Waals surface area contributed by atoms with E-state index in [0.717, 1.165) is 18.6 Å². The van der Waals surface area contributed by atoms with Gasteiger partial charge in [-0.1, -0.05) is 0 Å². The predicted molar refractivity (Wildman–Crippen MR) is 64.6 cm³/mol. The highest BCUT2D eigenvalue weighted by atomic mass is 32.2. The highest BCUT2D eigenvalue weighted by molar-refractivity contribution is 7.84. The molecule has 0 bridgehead atoms. The average Bonchev–Trinajstić information content (AvgIpc) is 2.17. The van der Waals surface area contributed by atoms with E-state index < -0.39 is 10.8 Å². The van der Waals surface area contributed by atoms with Crippen LogP contribution in [0.5, 0.6) is 0 Å². The molecule has 3 nitrogen and oxygen atoms in total. The summed E-state index contributed by atoms with van der Waals surface area (Å²) in [5, 5.41) is 3.55. The lowest BCUT2D eigenvalue weighted by atomic mass is 9.92. The lowest BCUT2D eigenvalue weighted by molar-refractivity contribution is 0.0617. The van der Waals surface area contributed by atoms with Gasteiger partial charge in [0.2, 0.25) is 0 Å². The van der Waals surface area contributed by atoms with Crippen molar-refractivity contribution in [3.05, 3.63) is 0 Å². The Labute approximate surface area is 95.4 Å². The Hall–Kier alpha value is 0.0700. The van der Waals surface area contributed by atoms with Gasteiger partial charge < -0.3 is 10.1 Å². The first kappa shape index (κ1) is 13.1. The van der Waals surface area contributed by atoms with Crippen molar-refractivity contribution in [2.75, 3.05) is 19.1 Å². The number of rotatable bonds is 5. The highest BCUT2D eigenvalue weighted by Gasteiger charge is 2.21. The third kappa shape index (κ3) is 5.09. The van der Waals surface area contributed by atoms with Crippen molar-refractivity contribution in [2.24, 2.45) is 0 Å². The minimum Gasteiger partial charge on any atom is -0.381 e. The molecular formula is C11H23NO2S. The van der Waals surface area contributed by atoms with Gasteiger partial charge in [-0.05, 0) is 32.6 Å². The van der Waals surface area contributed by atoms with Crippen molar-refractivity contribution in [2.45, 2.75) is 50.8 Å². The maximum Gasteiger partial charge on any atom is 0.0572 e. The molecule has 1 N–H and O–H groups in total. The second-order valence-corrected chi connectivity index (χ2v) is 6.00. The quantitative estimate of drug-likeness (QED) is 0.778. The fraction of sp³-hybridized carbons (Fsp3) is 1.00. The topological polar surface area (TPSA) is 38.3 Å². The van der Waals surface area contributed by atoms with Crippen molar-refractivity contribution < 1.29 is 8.95 Å². The minimum atomic E-state index is -0.696. The lowest BCUT2D eigenvalue weighted by Crippen LogP contribution is -2.42. The van der Waals surface area contributed by atoms with E-state index in [1.165, 1.54) is 12.8 Å². The smallest absolute Gasteiger partial charge is 0.0572 e. The van der Waals surface area contributed by atoms with Gasteiger partial charge in [0, 0.05) is 42.0 Å². The summed E-state index contributed by atoms with van der Waals surface area (Å²) in [5.41, 5.74) is 0. The maximum absolute atomic E-state index is 11.0. The number of ether oxygens (including phenoxy) is 1. The van der Waals surface area contributed by atoms with E-state index in [4.69, 9.17) is 4.74 Å². The molecule has 1 aliphatic carbocycles. The summed E-state index contributed by atoms with van der Waals surface area (Å²) in [5.74, 6) is 0.754. The van der Waals surface area contributed by atoms with Gasteiger partial charge in [0.1, 0.15) is 0 Å². The van der Waals surface area contributed by atoms with Gasteiger partial charge in [0.05, 0.1) is 6.10 Å². The van der Waals surface area contributed by atoms with Crippen LogP contribution < -0.4 is 5.32 Å². The van der Waals surface area contributed by atoms with Gasteiger partial charge in [-0.25, -0.2) is 0 Å². The SMILES string of the molecule is COC1CCC(NC(C)CS(C)=O)CC1. The molecule has 90 valence electrons. The van der Waals surface area contributed by atoms with Crippen LogP contribution in [0.3, 0.4) is 0 Å². The Morgan fingerprint density at radius 2 is 2.00 bits per heavy atom. The van der Waals surface area contributed by atoms with Gasteiger partial charge in [0.15, 0.2) is 0 Å². The van der Waals surface area contributed by atoms with E-state index >= 15 is 0 Å². The summed E-state index contributed by atoms with van der Waals surface area (Å²) in [7, 11) is 1.10. The summed E-state index contributed by atoms with van der Waals surface area (Å²) in [6.07, 6.45) is 6.88. The monoisotopic (exact) mass is 233 g/mol. The van der Waals surface area contributed by atoms with Crippen molar-refractivity contribution in [3.63, 3.8) is 0 Å². The van der Waals surface area contributed by atoms with Gasteiger partial charge in [-0.15, -0.1) is 0 Å². The highest BCUT2D eigenvalue weighted by Crippen LogP contribution is 2.20. The Morgan fingerprint density at radius 1 is 1.40 bits per heavy atom. The second-order valence-electron chi connectivity index (χ2n) is 4.52. The molecule has 1 saturated carbocycles. The molecule has 1 rings (SSSR count). The van der Waals surface area contributed by atoms with E-state index in [1.54, 1.807) is 13.4 Å². The summed E-state index contributed by atoms with van der Waals surface area (Å²) in [6, 6.07) is 0.954. The number of hydrogen-bond acceptors (Lipinski definition) is 3. The van der Waals surface area contributed by atoms with Crippen LogP contribution in [-0.4, -0.2) is 41.5 Å². The average molecular weight is 233 g/mol. The van der Waals surface area contributed by atoms with Crippen LogP contribution in [-0.2, 0) is 15.5 Å². The number of methoxy groups -OCH3 is 1. The van der Waals surface area contributed by atoms with Crippen LogP contribution in [0.2, 0.25) is 0 Å². The van der Waals surface area contributed by atoms with Crippen LogP contribution in [0.25, 0.3) is 0 Å². The van der Waals surface area contributed by atoms with Gasteiger partial charge in [-0.2, -0.15) is 0 Å². The zero-order valence-electron chi connectivity index (χ0n) is 9.99. The first-order valence-corrected chi connectivity index (χ1v) is 7.43. The van der Waals surface area contributed by atoms with Crippen molar-refractivity contribution in [1.82, 2.24) is 5.32 Å². The normalized spacial score (nSPS) is 31.1. The first-order chi connectivity index (χ1) is 7.11. The fourth-order valence-corrected chi connectivity index (χ4v) is 3.07. The molecule has 1 aliphatic rings. The Balaban J connectivity index is 2.20. The molecule has 2 atom stereocenters. The Bertz CT molecular complexity index is 203. The van der Waals surface area contributed by atoms with Crippen molar-refractivity contribution in [1.29, 1.82) is 0 Å². The van der Waals surface area contributed by atoms with Crippen molar-refractivity contribution >= 4 is 10.8 Å². The summed E-state index contributed by atoms with van der Waals surface area (Å²) >= 11 is 0. The first-order valence-electron chi connectivity index (χ1n) is 5.70. The van der Waals surface area contributed by atoms with E-state index in [0.29, 0.717) is 18.2 Å². The van der Waals surface area contributed by atoms with Gasteiger partial charge in [0.25, 0.3) is 0 Å². The minimum absolute atomic E-state index is 0.361. The van der Waals surface area contributed by atoms with E-state index in [9.17, 15) is 4.21 Å².